The Hall–Kier alpha value is -1.61. The highest BCUT2D eigenvalue weighted by Crippen LogP contribution is 2.19. The van der Waals surface area contributed by atoms with Gasteiger partial charge < -0.3 is 5.11 Å². The number of hydrogen-bond acceptors (Lipinski definition) is 1. The summed E-state index contributed by atoms with van der Waals surface area (Å²) in [5.41, 5.74) is 5.08. The molecule has 114 valence electrons. The summed E-state index contributed by atoms with van der Waals surface area (Å²) >= 11 is 0. The molecule has 1 heterocycles. The Kier molecular flexibility index (Phi) is 4.84. The first-order chi connectivity index (χ1) is 9.92. The van der Waals surface area contributed by atoms with E-state index in [4.69, 9.17) is 0 Å². The van der Waals surface area contributed by atoms with Gasteiger partial charge in [0.25, 0.3) is 0 Å². The minimum absolute atomic E-state index is 0.150. The smallest absolute Gasteiger partial charge is 0.249 e. The van der Waals surface area contributed by atoms with Crippen LogP contribution in [0.3, 0.4) is 0 Å². The third kappa shape index (κ3) is 3.53. The van der Waals surface area contributed by atoms with Crippen LogP contribution in [-0.4, -0.2) is 16.3 Å². The lowest BCUT2D eigenvalue weighted by Gasteiger charge is -2.13. The van der Waals surface area contributed by atoms with E-state index in [1.54, 1.807) is 0 Å². The molecule has 0 aliphatic carbocycles. The summed E-state index contributed by atoms with van der Waals surface area (Å²) in [6.07, 6.45) is 7.21. The van der Waals surface area contributed by atoms with Crippen molar-refractivity contribution < 1.29 is 9.67 Å². The summed E-state index contributed by atoms with van der Waals surface area (Å²) in [6.45, 7) is 11.0. The van der Waals surface area contributed by atoms with E-state index in [2.05, 4.69) is 74.6 Å². The van der Waals surface area contributed by atoms with Crippen molar-refractivity contribution in [2.45, 2.75) is 47.1 Å². The highest BCUT2D eigenvalue weighted by molar-refractivity contribution is 5.43. The molecule has 0 aliphatic rings. The van der Waals surface area contributed by atoms with Crippen LogP contribution in [0.25, 0.3) is 5.69 Å². The van der Waals surface area contributed by atoms with E-state index < -0.39 is 0 Å². The van der Waals surface area contributed by atoms with Crippen LogP contribution in [-0.2, 0) is 0 Å². The molecule has 1 aromatic heterocycles. The van der Waals surface area contributed by atoms with E-state index in [9.17, 15) is 5.11 Å². The van der Waals surface area contributed by atoms with Gasteiger partial charge in [-0.15, -0.1) is 0 Å². The van der Waals surface area contributed by atoms with Crippen molar-refractivity contribution in [2.24, 2.45) is 5.92 Å². The van der Waals surface area contributed by atoms with Crippen molar-refractivity contribution in [3.8, 4) is 5.69 Å². The van der Waals surface area contributed by atoms with Gasteiger partial charge >= 0.3 is 0 Å². The van der Waals surface area contributed by atoms with Crippen molar-refractivity contribution in [3.05, 3.63) is 47.5 Å². The minimum Gasteiger partial charge on any atom is -0.392 e. The molecule has 1 N–H and O–H groups in total. The molecular formula is C18H27N2O+. The van der Waals surface area contributed by atoms with Gasteiger partial charge in [0.15, 0.2) is 0 Å². The maximum atomic E-state index is 9.62. The SMILES string of the molecule is Cc1cc(C)c(-[n+]2ccn([C@H](CO)CC(C)C)c2)c(C)c1. The summed E-state index contributed by atoms with van der Waals surface area (Å²) in [7, 11) is 0. The summed E-state index contributed by atoms with van der Waals surface area (Å²) in [5.74, 6) is 0.570. The summed E-state index contributed by atoms with van der Waals surface area (Å²) < 4.78 is 4.28. The zero-order valence-corrected chi connectivity index (χ0v) is 13.8. The standard InChI is InChI=1S/C18H27N2O/c1-13(2)8-17(11-21)19-6-7-20(12-19)18-15(4)9-14(3)10-16(18)5/h6-7,9-10,12-13,17,21H,8,11H2,1-5H3/q+1/t17-/m0/s1. The van der Waals surface area contributed by atoms with Gasteiger partial charge in [0.05, 0.1) is 6.61 Å². The first-order valence-corrected chi connectivity index (χ1v) is 7.70. The van der Waals surface area contributed by atoms with E-state index in [-0.39, 0.29) is 12.6 Å². The molecule has 2 rings (SSSR count). The molecule has 1 aromatic carbocycles. The van der Waals surface area contributed by atoms with Crippen molar-refractivity contribution >= 4 is 0 Å². The fourth-order valence-corrected chi connectivity index (χ4v) is 3.13. The van der Waals surface area contributed by atoms with Crippen LogP contribution in [0.5, 0.6) is 0 Å². The molecule has 0 aliphatic heterocycles. The van der Waals surface area contributed by atoms with E-state index in [0.717, 1.165) is 6.42 Å². The average Bonchev–Trinajstić information content (AvgIpc) is 2.83. The molecule has 3 heteroatoms. The summed E-state index contributed by atoms with van der Waals surface area (Å²) in [5, 5.41) is 9.62. The number of aryl methyl sites for hydroxylation is 3. The van der Waals surface area contributed by atoms with Gasteiger partial charge in [0.1, 0.15) is 24.1 Å². The number of imidazole rings is 1. The maximum absolute atomic E-state index is 9.62. The fourth-order valence-electron chi connectivity index (χ4n) is 3.13. The third-order valence-electron chi connectivity index (χ3n) is 3.93. The van der Waals surface area contributed by atoms with Crippen LogP contribution in [0, 0.1) is 26.7 Å². The molecule has 3 nitrogen and oxygen atoms in total. The van der Waals surface area contributed by atoms with Crippen LogP contribution in [0.1, 0.15) is 43.0 Å². The molecule has 0 amide bonds. The Labute approximate surface area is 127 Å². The molecule has 0 unspecified atom stereocenters. The molecule has 0 radical (unpaired) electrons. The highest BCUT2D eigenvalue weighted by Gasteiger charge is 2.19. The van der Waals surface area contributed by atoms with Crippen LogP contribution in [0.4, 0.5) is 0 Å². The number of rotatable bonds is 5. The van der Waals surface area contributed by atoms with Gasteiger partial charge in [-0.3, -0.25) is 0 Å². The van der Waals surface area contributed by atoms with E-state index in [1.807, 2.05) is 0 Å². The van der Waals surface area contributed by atoms with Crippen molar-refractivity contribution in [1.29, 1.82) is 0 Å². The number of nitrogens with zero attached hydrogens (tertiary/aromatic N) is 2. The largest absolute Gasteiger partial charge is 0.392 e. The van der Waals surface area contributed by atoms with E-state index in [1.165, 1.54) is 22.4 Å². The lowest BCUT2D eigenvalue weighted by atomic mass is 10.0. The quantitative estimate of drug-likeness (QED) is 0.840. The molecule has 0 spiro atoms. The van der Waals surface area contributed by atoms with Gasteiger partial charge in [0.2, 0.25) is 6.33 Å². The predicted octanol–water partition coefficient (Wildman–Crippen LogP) is 3.27. The molecule has 1 atom stereocenters. The lowest BCUT2D eigenvalue weighted by molar-refractivity contribution is -0.596. The Morgan fingerprint density at radius 3 is 2.29 bits per heavy atom. The number of aromatic nitrogens is 2. The van der Waals surface area contributed by atoms with Crippen molar-refractivity contribution in [1.82, 2.24) is 4.57 Å². The first kappa shape index (κ1) is 15.8. The predicted molar refractivity (Wildman–Crippen MR) is 85.8 cm³/mol. The van der Waals surface area contributed by atoms with E-state index >= 15 is 0 Å². The highest BCUT2D eigenvalue weighted by atomic mass is 16.3. The molecule has 0 saturated heterocycles. The molecule has 0 fully saturated rings. The Morgan fingerprint density at radius 2 is 1.76 bits per heavy atom. The number of aliphatic hydroxyl groups is 1. The molecule has 2 aromatic rings. The van der Waals surface area contributed by atoms with Crippen LogP contribution in [0.15, 0.2) is 30.9 Å². The van der Waals surface area contributed by atoms with Gasteiger partial charge in [0, 0.05) is 0 Å². The monoisotopic (exact) mass is 287 g/mol. The van der Waals surface area contributed by atoms with Gasteiger partial charge in [-0.1, -0.05) is 31.5 Å². The van der Waals surface area contributed by atoms with Gasteiger partial charge in [-0.25, -0.2) is 9.13 Å². The number of hydrogen-bond donors (Lipinski definition) is 1. The average molecular weight is 287 g/mol. The number of benzene rings is 1. The van der Waals surface area contributed by atoms with Crippen molar-refractivity contribution in [2.75, 3.05) is 6.61 Å². The fraction of sp³-hybridized carbons (Fsp3) is 0.500. The molecule has 21 heavy (non-hydrogen) atoms. The topological polar surface area (TPSA) is 29.0 Å². The number of aliphatic hydroxyl groups excluding tert-OH is 1. The van der Waals surface area contributed by atoms with Crippen molar-refractivity contribution in [3.63, 3.8) is 0 Å². The zero-order valence-electron chi connectivity index (χ0n) is 13.8. The second-order valence-electron chi connectivity index (χ2n) is 6.48. The van der Waals surface area contributed by atoms with E-state index in [0.29, 0.717) is 5.92 Å². The summed E-state index contributed by atoms with van der Waals surface area (Å²) in [6, 6.07) is 4.58. The second kappa shape index (κ2) is 6.44. The minimum atomic E-state index is 0.150. The molecular weight excluding hydrogens is 260 g/mol. The van der Waals surface area contributed by atoms with Crippen LogP contribution in [0.2, 0.25) is 0 Å². The van der Waals surface area contributed by atoms with Gasteiger partial charge in [-0.2, -0.15) is 0 Å². The van der Waals surface area contributed by atoms with Gasteiger partial charge in [-0.05, 0) is 44.2 Å². The maximum Gasteiger partial charge on any atom is 0.249 e. The molecule has 0 saturated carbocycles. The zero-order chi connectivity index (χ0) is 15.6. The first-order valence-electron chi connectivity index (χ1n) is 7.70. The second-order valence-corrected chi connectivity index (χ2v) is 6.48. The Bertz CT molecular complexity index is 590. The third-order valence-corrected chi connectivity index (χ3v) is 3.93. The Balaban J connectivity index is 2.36. The van der Waals surface area contributed by atoms with Crippen LogP contribution < -0.4 is 4.57 Å². The lowest BCUT2D eigenvalue weighted by Crippen LogP contribution is -2.30. The Morgan fingerprint density at radius 1 is 1.14 bits per heavy atom. The summed E-state index contributed by atoms with van der Waals surface area (Å²) in [4.78, 5) is 0. The normalized spacial score (nSPS) is 12.9. The van der Waals surface area contributed by atoms with Crippen LogP contribution >= 0.6 is 0 Å². The molecule has 0 bridgehead atoms.